The van der Waals surface area contributed by atoms with Gasteiger partial charge in [-0.1, -0.05) is 29.8 Å². The van der Waals surface area contributed by atoms with Crippen molar-refractivity contribution in [3.63, 3.8) is 0 Å². The number of halogens is 2. The summed E-state index contributed by atoms with van der Waals surface area (Å²) < 4.78 is 13.5. The average molecular weight is 275 g/mol. The topological polar surface area (TPSA) is 27.8 Å². The maximum atomic E-state index is 13.5. The summed E-state index contributed by atoms with van der Waals surface area (Å²) in [6.45, 7) is 0.558. The smallest absolute Gasteiger partial charge is 0.146 e. The molecule has 0 unspecified atom stereocenters. The molecule has 4 heteroatoms. The van der Waals surface area contributed by atoms with Crippen molar-refractivity contribution >= 4 is 28.2 Å². The molecule has 0 spiro atoms. The fourth-order valence-corrected chi connectivity index (χ4v) is 2.27. The molecule has 2 aromatic carbocycles. The molecule has 19 heavy (non-hydrogen) atoms. The van der Waals surface area contributed by atoms with E-state index in [9.17, 15) is 4.39 Å². The van der Waals surface area contributed by atoms with Crippen LogP contribution < -0.4 is 5.32 Å². The summed E-state index contributed by atoms with van der Waals surface area (Å²) in [7, 11) is 0. The number of hydrogen-bond donors (Lipinski definition) is 2. The third-order valence-electron chi connectivity index (χ3n) is 3.07. The highest BCUT2D eigenvalue weighted by atomic mass is 35.5. The van der Waals surface area contributed by atoms with Gasteiger partial charge in [-0.15, -0.1) is 0 Å². The molecule has 3 aromatic rings. The quantitative estimate of drug-likeness (QED) is 0.719. The van der Waals surface area contributed by atoms with Crippen LogP contribution in [-0.4, -0.2) is 4.98 Å². The fourth-order valence-electron chi connectivity index (χ4n) is 2.10. The predicted octanol–water partition coefficient (Wildman–Crippen LogP) is 4.57. The number of H-pyrrole nitrogens is 1. The van der Waals surface area contributed by atoms with E-state index in [1.807, 2.05) is 24.4 Å². The molecule has 0 saturated carbocycles. The lowest BCUT2D eigenvalue weighted by atomic mass is 10.1. The predicted molar refractivity (Wildman–Crippen MR) is 77.0 cm³/mol. The molecule has 0 bridgehead atoms. The van der Waals surface area contributed by atoms with Crippen molar-refractivity contribution < 1.29 is 4.39 Å². The second-order valence-electron chi connectivity index (χ2n) is 4.34. The van der Waals surface area contributed by atoms with Crippen LogP contribution in [0.1, 0.15) is 5.56 Å². The second-order valence-corrected chi connectivity index (χ2v) is 4.77. The van der Waals surface area contributed by atoms with E-state index in [0.29, 0.717) is 17.3 Å². The first-order valence-electron chi connectivity index (χ1n) is 5.98. The molecule has 3 rings (SSSR count). The lowest BCUT2D eigenvalue weighted by Gasteiger charge is -2.06. The van der Waals surface area contributed by atoms with Crippen molar-refractivity contribution in [3.05, 3.63) is 65.1 Å². The Hall–Kier alpha value is -2.00. The molecule has 0 atom stereocenters. The standard InChI is InChI=1S/C15H12ClFN2/c16-11-5-6-12-10(9-19-15(12)7-11)8-18-14-4-2-1-3-13(14)17/h1-7,9,18-19H,8H2. The van der Waals surface area contributed by atoms with Gasteiger partial charge in [0.2, 0.25) is 0 Å². The van der Waals surface area contributed by atoms with Gasteiger partial charge in [-0.3, -0.25) is 0 Å². The van der Waals surface area contributed by atoms with Crippen LogP contribution in [0, 0.1) is 5.82 Å². The van der Waals surface area contributed by atoms with E-state index in [0.717, 1.165) is 16.5 Å². The molecule has 0 fully saturated rings. The third kappa shape index (κ3) is 2.42. The molecule has 96 valence electrons. The molecule has 1 heterocycles. The van der Waals surface area contributed by atoms with Crippen molar-refractivity contribution in [2.75, 3.05) is 5.32 Å². The Balaban J connectivity index is 1.84. The maximum Gasteiger partial charge on any atom is 0.146 e. The zero-order valence-electron chi connectivity index (χ0n) is 10.1. The van der Waals surface area contributed by atoms with Gasteiger partial charge in [0.25, 0.3) is 0 Å². The van der Waals surface area contributed by atoms with E-state index in [4.69, 9.17) is 11.6 Å². The molecule has 1 aromatic heterocycles. The van der Waals surface area contributed by atoms with Crippen LogP contribution in [0.15, 0.2) is 48.7 Å². The van der Waals surface area contributed by atoms with Gasteiger partial charge in [0.05, 0.1) is 5.69 Å². The van der Waals surface area contributed by atoms with E-state index in [-0.39, 0.29) is 5.82 Å². The zero-order valence-corrected chi connectivity index (χ0v) is 10.8. The summed E-state index contributed by atoms with van der Waals surface area (Å²) in [4.78, 5) is 3.16. The van der Waals surface area contributed by atoms with Gasteiger partial charge in [0.1, 0.15) is 5.82 Å². The molecular weight excluding hydrogens is 263 g/mol. The minimum Gasteiger partial charge on any atom is -0.379 e. The highest BCUT2D eigenvalue weighted by Gasteiger charge is 2.05. The van der Waals surface area contributed by atoms with Crippen molar-refractivity contribution in [2.24, 2.45) is 0 Å². The van der Waals surface area contributed by atoms with Gasteiger partial charge >= 0.3 is 0 Å². The van der Waals surface area contributed by atoms with E-state index in [2.05, 4.69) is 10.3 Å². The largest absolute Gasteiger partial charge is 0.379 e. The lowest BCUT2D eigenvalue weighted by Crippen LogP contribution is -2.00. The summed E-state index contributed by atoms with van der Waals surface area (Å²) in [5.74, 6) is -0.245. The summed E-state index contributed by atoms with van der Waals surface area (Å²) in [6, 6.07) is 12.3. The summed E-state index contributed by atoms with van der Waals surface area (Å²) in [5, 5.41) is 4.88. The van der Waals surface area contributed by atoms with E-state index < -0.39 is 0 Å². The second kappa shape index (κ2) is 4.94. The van der Waals surface area contributed by atoms with Gasteiger partial charge in [0.15, 0.2) is 0 Å². The Kier molecular flexibility index (Phi) is 3.13. The number of hydrogen-bond acceptors (Lipinski definition) is 1. The molecule has 0 aliphatic rings. The first kappa shape index (κ1) is 12.1. The number of anilines is 1. The highest BCUT2D eigenvalue weighted by Crippen LogP contribution is 2.23. The van der Waals surface area contributed by atoms with E-state index in [1.165, 1.54) is 6.07 Å². The molecule has 2 nitrogen and oxygen atoms in total. The minimum atomic E-state index is -0.245. The minimum absolute atomic E-state index is 0.245. The first-order valence-corrected chi connectivity index (χ1v) is 6.36. The molecule has 2 N–H and O–H groups in total. The van der Waals surface area contributed by atoms with Crippen molar-refractivity contribution in [3.8, 4) is 0 Å². The van der Waals surface area contributed by atoms with Crippen LogP contribution in [0.2, 0.25) is 5.02 Å². The number of benzene rings is 2. The maximum absolute atomic E-state index is 13.5. The Morgan fingerprint density at radius 2 is 2.00 bits per heavy atom. The monoisotopic (exact) mass is 274 g/mol. The lowest BCUT2D eigenvalue weighted by molar-refractivity contribution is 0.630. The molecule has 0 radical (unpaired) electrons. The first-order chi connectivity index (χ1) is 9.24. The van der Waals surface area contributed by atoms with Gasteiger partial charge in [-0.05, 0) is 29.8 Å². The third-order valence-corrected chi connectivity index (χ3v) is 3.31. The fraction of sp³-hybridized carbons (Fsp3) is 0.0667. The van der Waals surface area contributed by atoms with Crippen molar-refractivity contribution in [1.29, 1.82) is 0 Å². The number of aromatic amines is 1. The van der Waals surface area contributed by atoms with E-state index in [1.54, 1.807) is 18.2 Å². The number of para-hydroxylation sites is 1. The molecular formula is C15H12ClFN2. The number of aromatic nitrogens is 1. The van der Waals surface area contributed by atoms with Crippen LogP contribution >= 0.6 is 11.6 Å². The van der Waals surface area contributed by atoms with Crippen molar-refractivity contribution in [2.45, 2.75) is 6.54 Å². The van der Waals surface area contributed by atoms with Gasteiger partial charge in [-0.25, -0.2) is 4.39 Å². The Labute approximate surface area is 115 Å². The molecule has 0 amide bonds. The SMILES string of the molecule is Fc1ccccc1NCc1c[nH]c2cc(Cl)ccc12. The number of rotatable bonds is 3. The van der Waals surface area contributed by atoms with Crippen molar-refractivity contribution in [1.82, 2.24) is 4.98 Å². The Bertz CT molecular complexity index is 721. The number of fused-ring (bicyclic) bond motifs is 1. The van der Waals surface area contributed by atoms with Gasteiger partial charge in [-0.2, -0.15) is 0 Å². The highest BCUT2D eigenvalue weighted by molar-refractivity contribution is 6.31. The Morgan fingerprint density at radius 1 is 1.16 bits per heavy atom. The van der Waals surface area contributed by atoms with Crippen LogP contribution in [0.4, 0.5) is 10.1 Å². The zero-order chi connectivity index (χ0) is 13.2. The van der Waals surface area contributed by atoms with E-state index >= 15 is 0 Å². The molecule has 0 saturated heterocycles. The number of nitrogens with one attached hydrogen (secondary N) is 2. The summed E-state index contributed by atoms with van der Waals surface area (Å²) >= 11 is 5.94. The summed E-state index contributed by atoms with van der Waals surface area (Å²) in [6.07, 6.45) is 1.91. The van der Waals surface area contributed by atoms with Crippen LogP contribution in [0.5, 0.6) is 0 Å². The van der Waals surface area contributed by atoms with Crippen LogP contribution in [-0.2, 0) is 6.54 Å². The van der Waals surface area contributed by atoms with Crippen LogP contribution in [0.3, 0.4) is 0 Å². The summed E-state index contributed by atoms with van der Waals surface area (Å²) in [5.41, 5.74) is 2.57. The van der Waals surface area contributed by atoms with Gasteiger partial charge < -0.3 is 10.3 Å². The normalized spacial score (nSPS) is 10.8. The average Bonchev–Trinajstić information content (AvgIpc) is 2.80. The van der Waals surface area contributed by atoms with Crippen LogP contribution in [0.25, 0.3) is 10.9 Å². The molecule has 0 aliphatic heterocycles. The molecule has 0 aliphatic carbocycles. The Morgan fingerprint density at radius 3 is 2.84 bits per heavy atom. The van der Waals surface area contributed by atoms with Gasteiger partial charge in [0, 0.05) is 28.7 Å².